The van der Waals surface area contributed by atoms with E-state index in [1.165, 1.54) is 17.5 Å². The molecule has 1 atom stereocenters. The predicted octanol–water partition coefficient (Wildman–Crippen LogP) is 4.50. The Morgan fingerprint density at radius 1 is 1.14 bits per heavy atom. The summed E-state index contributed by atoms with van der Waals surface area (Å²) in [5, 5.41) is 0. The largest absolute Gasteiger partial charge is 0.0648 e. The first-order valence-electron chi connectivity index (χ1n) is 5.56. The Kier molecular flexibility index (Phi) is 3.36. The Morgan fingerprint density at radius 3 is 2.21 bits per heavy atom. The molecule has 0 saturated heterocycles. The van der Waals surface area contributed by atoms with Crippen molar-refractivity contribution in [1.29, 1.82) is 0 Å². The van der Waals surface area contributed by atoms with E-state index < -0.39 is 0 Å². The Labute approximate surface area is 88.4 Å². The van der Waals surface area contributed by atoms with Gasteiger partial charge in [-0.2, -0.15) is 0 Å². The summed E-state index contributed by atoms with van der Waals surface area (Å²) >= 11 is 0. The SMILES string of the molecule is CC[C@@H](C)c1ccccc1C(C)(C)C. The highest BCUT2D eigenvalue weighted by Crippen LogP contribution is 2.31. The minimum absolute atomic E-state index is 0.264. The van der Waals surface area contributed by atoms with Crippen LogP contribution in [0.1, 0.15) is 58.1 Å². The smallest absolute Gasteiger partial charge is 0.0129 e. The number of rotatable bonds is 2. The molecule has 1 aromatic carbocycles. The van der Waals surface area contributed by atoms with Gasteiger partial charge in [-0.3, -0.25) is 0 Å². The van der Waals surface area contributed by atoms with Crippen LogP contribution in [0.5, 0.6) is 0 Å². The van der Waals surface area contributed by atoms with Gasteiger partial charge in [0.15, 0.2) is 0 Å². The van der Waals surface area contributed by atoms with Crippen molar-refractivity contribution in [1.82, 2.24) is 0 Å². The summed E-state index contributed by atoms with van der Waals surface area (Å²) in [5.41, 5.74) is 3.27. The standard InChI is InChI=1S/C14H22/c1-6-11(2)12-9-7-8-10-13(12)14(3,4)5/h7-11H,6H2,1-5H3/t11-/m1/s1. The van der Waals surface area contributed by atoms with Gasteiger partial charge in [0.2, 0.25) is 0 Å². The number of hydrogen-bond donors (Lipinski definition) is 0. The van der Waals surface area contributed by atoms with Crippen LogP contribution >= 0.6 is 0 Å². The molecule has 0 aliphatic carbocycles. The molecule has 0 saturated carbocycles. The van der Waals surface area contributed by atoms with Crippen LogP contribution in [0.3, 0.4) is 0 Å². The Morgan fingerprint density at radius 2 is 1.71 bits per heavy atom. The fourth-order valence-corrected chi connectivity index (χ4v) is 1.83. The molecule has 0 N–H and O–H groups in total. The molecule has 0 heteroatoms. The second kappa shape index (κ2) is 4.16. The summed E-state index contributed by atoms with van der Waals surface area (Å²) in [6.07, 6.45) is 1.22. The highest BCUT2D eigenvalue weighted by atomic mass is 14.2. The lowest BCUT2D eigenvalue weighted by atomic mass is 9.80. The van der Waals surface area contributed by atoms with Gasteiger partial charge in [-0.15, -0.1) is 0 Å². The van der Waals surface area contributed by atoms with E-state index in [1.54, 1.807) is 0 Å². The summed E-state index contributed by atoms with van der Waals surface area (Å²) in [6.45, 7) is 11.4. The van der Waals surface area contributed by atoms with E-state index in [2.05, 4.69) is 58.9 Å². The van der Waals surface area contributed by atoms with Crippen LogP contribution in [0, 0.1) is 0 Å². The minimum Gasteiger partial charge on any atom is -0.0648 e. The van der Waals surface area contributed by atoms with E-state index >= 15 is 0 Å². The average molecular weight is 190 g/mol. The fourth-order valence-electron chi connectivity index (χ4n) is 1.83. The first kappa shape index (κ1) is 11.3. The van der Waals surface area contributed by atoms with Gasteiger partial charge < -0.3 is 0 Å². The third kappa shape index (κ3) is 2.37. The molecule has 0 radical (unpaired) electrons. The van der Waals surface area contributed by atoms with E-state index in [9.17, 15) is 0 Å². The van der Waals surface area contributed by atoms with E-state index in [4.69, 9.17) is 0 Å². The number of hydrogen-bond acceptors (Lipinski definition) is 0. The highest BCUT2D eigenvalue weighted by molar-refractivity contribution is 5.35. The lowest BCUT2D eigenvalue weighted by Crippen LogP contribution is -2.15. The molecule has 1 aromatic rings. The average Bonchev–Trinajstić information content (AvgIpc) is 2.15. The first-order valence-corrected chi connectivity index (χ1v) is 5.56. The van der Waals surface area contributed by atoms with Crippen LogP contribution in [0.25, 0.3) is 0 Å². The zero-order valence-electron chi connectivity index (χ0n) is 10.1. The third-order valence-corrected chi connectivity index (χ3v) is 2.91. The van der Waals surface area contributed by atoms with Crippen molar-refractivity contribution in [2.24, 2.45) is 0 Å². The Hall–Kier alpha value is -0.780. The molecule has 0 aromatic heterocycles. The molecule has 0 amide bonds. The van der Waals surface area contributed by atoms with Gasteiger partial charge in [0.25, 0.3) is 0 Å². The van der Waals surface area contributed by atoms with Gasteiger partial charge in [-0.05, 0) is 28.9 Å². The summed E-state index contributed by atoms with van der Waals surface area (Å²) < 4.78 is 0. The van der Waals surface area contributed by atoms with Crippen molar-refractivity contribution < 1.29 is 0 Å². The molecule has 1 rings (SSSR count). The van der Waals surface area contributed by atoms with Gasteiger partial charge >= 0.3 is 0 Å². The third-order valence-electron chi connectivity index (χ3n) is 2.91. The maximum atomic E-state index is 2.31. The Balaban J connectivity index is 3.16. The molecule has 0 nitrogen and oxygen atoms in total. The van der Waals surface area contributed by atoms with Crippen molar-refractivity contribution in [3.05, 3.63) is 35.4 Å². The molecule has 78 valence electrons. The topological polar surface area (TPSA) is 0 Å². The summed E-state index contributed by atoms with van der Waals surface area (Å²) in [6, 6.07) is 8.83. The van der Waals surface area contributed by atoms with Crippen LogP contribution in [0.4, 0.5) is 0 Å². The van der Waals surface area contributed by atoms with Crippen molar-refractivity contribution >= 4 is 0 Å². The monoisotopic (exact) mass is 190 g/mol. The maximum absolute atomic E-state index is 2.31. The van der Waals surface area contributed by atoms with Gasteiger partial charge in [0.1, 0.15) is 0 Å². The molecule has 0 bridgehead atoms. The molecular weight excluding hydrogens is 168 g/mol. The normalized spacial score (nSPS) is 14.1. The predicted molar refractivity (Wildman–Crippen MR) is 63.8 cm³/mol. The molecule has 0 spiro atoms. The summed E-state index contributed by atoms with van der Waals surface area (Å²) in [5.74, 6) is 0.672. The first-order chi connectivity index (χ1) is 6.46. The second-order valence-electron chi connectivity index (χ2n) is 5.15. The zero-order chi connectivity index (χ0) is 10.8. The molecular formula is C14H22. The molecule has 14 heavy (non-hydrogen) atoms. The Bertz CT molecular complexity index is 291. The van der Waals surface area contributed by atoms with Gasteiger partial charge in [-0.1, -0.05) is 58.9 Å². The van der Waals surface area contributed by atoms with Crippen LogP contribution < -0.4 is 0 Å². The molecule has 0 aliphatic rings. The minimum atomic E-state index is 0.264. The van der Waals surface area contributed by atoms with Gasteiger partial charge in [-0.25, -0.2) is 0 Å². The molecule has 0 fully saturated rings. The molecule has 0 aliphatic heterocycles. The van der Waals surface area contributed by atoms with E-state index in [1.807, 2.05) is 0 Å². The zero-order valence-corrected chi connectivity index (χ0v) is 10.1. The summed E-state index contributed by atoms with van der Waals surface area (Å²) in [7, 11) is 0. The van der Waals surface area contributed by atoms with Crippen molar-refractivity contribution in [2.45, 2.75) is 52.4 Å². The van der Waals surface area contributed by atoms with E-state index in [0.717, 1.165) is 0 Å². The lowest BCUT2D eigenvalue weighted by Gasteiger charge is -2.25. The highest BCUT2D eigenvalue weighted by Gasteiger charge is 2.19. The van der Waals surface area contributed by atoms with E-state index in [0.29, 0.717) is 5.92 Å². The van der Waals surface area contributed by atoms with Crippen LogP contribution in [-0.2, 0) is 5.41 Å². The lowest BCUT2D eigenvalue weighted by molar-refractivity contribution is 0.570. The van der Waals surface area contributed by atoms with Crippen LogP contribution in [0.2, 0.25) is 0 Å². The molecule has 0 heterocycles. The maximum Gasteiger partial charge on any atom is -0.0129 e. The number of benzene rings is 1. The quantitative estimate of drug-likeness (QED) is 0.644. The van der Waals surface area contributed by atoms with Crippen LogP contribution in [0.15, 0.2) is 24.3 Å². The second-order valence-corrected chi connectivity index (χ2v) is 5.15. The van der Waals surface area contributed by atoms with Crippen molar-refractivity contribution in [3.63, 3.8) is 0 Å². The van der Waals surface area contributed by atoms with E-state index in [-0.39, 0.29) is 5.41 Å². The fraction of sp³-hybridized carbons (Fsp3) is 0.571. The van der Waals surface area contributed by atoms with Gasteiger partial charge in [0.05, 0.1) is 0 Å². The van der Waals surface area contributed by atoms with Crippen molar-refractivity contribution in [3.8, 4) is 0 Å². The summed E-state index contributed by atoms with van der Waals surface area (Å²) in [4.78, 5) is 0. The van der Waals surface area contributed by atoms with Gasteiger partial charge in [0, 0.05) is 0 Å². The van der Waals surface area contributed by atoms with Crippen LogP contribution in [-0.4, -0.2) is 0 Å². The molecule has 0 unspecified atom stereocenters. The van der Waals surface area contributed by atoms with Crippen molar-refractivity contribution in [2.75, 3.05) is 0 Å².